The van der Waals surface area contributed by atoms with Gasteiger partial charge in [-0.2, -0.15) is 0 Å². The summed E-state index contributed by atoms with van der Waals surface area (Å²) in [5.41, 5.74) is 0. The lowest BCUT2D eigenvalue weighted by Crippen LogP contribution is -2.25. The maximum atomic E-state index is 11.8. The first kappa shape index (κ1) is 14.0. The van der Waals surface area contributed by atoms with Gasteiger partial charge in [0, 0.05) is 6.54 Å². The molecule has 4 nitrogen and oxygen atoms in total. The molecule has 0 atom stereocenters. The van der Waals surface area contributed by atoms with Crippen LogP contribution < -0.4 is 9.46 Å². The molecule has 0 aliphatic carbocycles. The van der Waals surface area contributed by atoms with Gasteiger partial charge in [0.25, 0.3) is 0 Å². The van der Waals surface area contributed by atoms with Gasteiger partial charge in [-0.05, 0) is 30.0 Å². The Morgan fingerprint density at radius 3 is 2.58 bits per heavy atom. The molecule has 0 radical (unpaired) electrons. The highest BCUT2D eigenvalue weighted by atomic mass is 32.2. The van der Waals surface area contributed by atoms with Crippen molar-refractivity contribution in [1.29, 1.82) is 0 Å². The summed E-state index contributed by atoms with van der Waals surface area (Å²) in [5.74, 6) is 0.795. The maximum Gasteiger partial charge on any atom is 0.250 e. The number of hydrogen-bond acceptors (Lipinski definition) is 4. The number of benzene rings is 1. The van der Waals surface area contributed by atoms with E-state index < -0.39 is 10.0 Å². The van der Waals surface area contributed by atoms with E-state index in [1.807, 2.05) is 30.3 Å². The molecule has 0 bridgehead atoms. The van der Waals surface area contributed by atoms with E-state index in [1.165, 1.54) is 11.3 Å². The molecule has 0 aliphatic rings. The standard InChI is InChI=1S/C13H15NO3S2/c15-19(16,13-8-4-11-18-13)14-9-5-10-17-12-6-2-1-3-7-12/h1-4,6-8,11,14H,5,9-10H2. The predicted molar refractivity (Wildman–Crippen MR) is 76.1 cm³/mol. The van der Waals surface area contributed by atoms with Crippen LogP contribution in [0.3, 0.4) is 0 Å². The van der Waals surface area contributed by atoms with Crippen LogP contribution in [0.25, 0.3) is 0 Å². The Hall–Kier alpha value is -1.37. The second kappa shape index (κ2) is 6.70. The molecular weight excluding hydrogens is 282 g/mol. The highest BCUT2D eigenvalue weighted by Crippen LogP contribution is 2.15. The van der Waals surface area contributed by atoms with Gasteiger partial charge in [0.15, 0.2) is 0 Å². The minimum absolute atomic E-state index is 0.344. The largest absolute Gasteiger partial charge is 0.494 e. The van der Waals surface area contributed by atoms with E-state index in [1.54, 1.807) is 17.5 Å². The van der Waals surface area contributed by atoms with E-state index in [2.05, 4.69) is 4.72 Å². The van der Waals surface area contributed by atoms with E-state index in [0.29, 0.717) is 23.8 Å². The van der Waals surface area contributed by atoms with E-state index in [9.17, 15) is 8.42 Å². The summed E-state index contributed by atoms with van der Waals surface area (Å²) < 4.78 is 31.9. The fraction of sp³-hybridized carbons (Fsp3) is 0.231. The highest BCUT2D eigenvalue weighted by Gasteiger charge is 2.13. The summed E-state index contributed by atoms with van der Waals surface area (Å²) in [6, 6.07) is 12.8. The number of hydrogen-bond donors (Lipinski definition) is 1. The number of thiophene rings is 1. The molecule has 0 unspecified atom stereocenters. The van der Waals surface area contributed by atoms with E-state index in [0.717, 1.165) is 5.75 Å². The third kappa shape index (κ3) is 4.34. The first-order chi connectivity index (χ1) is 9.18. The Bertz CT molecular complexity index is 580. The Morgan fingerprint density at radius 2 is 1.89 bits per heavy atom. The molecule has 1 aromatic carbocycles. The van der Waals surface area contributed by atoms with E-state index in [-0.39, 0.29) is 0 Å². The number of para-hydroxylation sites is 1. The van der Waals surface area contributed by atoms with Crippen LogP contribution in [0.4, 0.5) is 0 Å². The second-order valence-corrected chi connectivity index (χ2v) is 6.79. The first-order valence-electron chi connectivity index (χ1n) is 5.89. The van der Waals surface area contributed by atoms with Gasteiger partial charge >= 0.3 is 0 Å². The zero-order valence-electron chi connectivity index (χ0n) is 10.3. The third-order valence-electron chi connectivity index (χ3n) is 2.39. The molecule has 0 amide bonds. The fourth-order valence-electron chi connectivity index (χ4n) is 1.47. The van der Waals surface area contributed by atoms with Gasteiger partial charge in [0.1, 0.15) is 9.96 Å². The molecule has 1 aromatic heterocycles. The minimum Gasteiger partial charge on any atom is -0.494 e. The van der Waals surface area contributed by atoms with Gasteiger partial charge in [-0.1, -0.05) is 24.3 Å². The van der Waals surface area contributed by atoms with Crippen molar-refractivity contribution in [2.75, 3.05) is 13.2 Å². The Labute approximate surface area is 117 Å². The van der Waals surface area contributed by atoms with Gasteiger partial charge in [0.05, 0.1) is 6.61 Å². The molecule has 2 aromatic rings. The molecular formula is C13H15NO3S2. The van der Waals surface area contributed by atoms with Crippen LogP contribution in [0.1, 0.15) is 6.42 Å². The highest BCUT2D eigenvalue weighted by molar-refractivity contribution is 7.91. The molecule has 1 N–H and O–H groups in total. The minimum atomic E-state index is -3.35. The maximum absolute atomic E-state index is 11.8. The lowest BCUT2D eigenvalue weighted by Gasteiger charge is -2.07. The molecule has 6 heteroatoms. The summed E-state index contributed by atoms with van der Waals surface area (Å²) >= 11 is 1.21. The van der Waals surface area contributed by atoms with Crippen molar-refractivity contribution in [3.8, 4) is 5.75 Å². The molecule has 0 fully saturated rings. The lowest BCUT2D eigenvalue weighted by atomic mass is 10.3. The Balaban J connectivity index is 1.70. The quantitative estimate of drug-likeness (QED) is 0.799. The average molecular weight is 297 g/mol. The summed E-state index contributed by atoms with van der Waals surface area (Å²) in [7, 11) is -3.35. The molecule has 0 saturated carbocycles. The van der Waals surface area contributed by atoms with Crippen molar-refractivity contribution in [3.63, 3.8) is 0 Å². The van der Waals surface area contributed by atoms with Gasteiger partial charge in [-0.3, -0.25) is 0 Å². The van der Waals surface area contributed by atoms with Crippen LogP contribution in [0, 0.1) is 0 Å². The van der Waals surface area contributed by atoms with Crippen molar-refractivity contribution in [3.05, 3.63) is 47.8 Å². The fourth-order valence-corrected chi connectivity index (χ4v) is 3.58. The smallest absolute Gasteiger partial charge is 0.250 e. The molecule has 102 valence electrons. The predicted octanol–water partition coefficient (Wildman–Crippen LogP) is 2.50. The number of sulfonamides is 1. The molecule has 1 heterocycles. The van der Waals surface area contributed by atoms with Crippen LogP contribution in [0.2, 0.25) is 0 Å². The monoisotopic (exact) mass is 297 g/mol. The molecule has 2 rings (SSSR count). The van der Waals surface area contributed by atoms with Crippen molar-refractivity contribution in [2.24, 2.45) is 0 Å². The molecule has 0 aliphatic heterocycles. The average Bonchev–Trinajstić information content (AvgIpc) is 2.94. The summed E-state index contributed by atoms with van der Waals surface area (Å²) in [6.45, 7) is 0.851. The van der Waals surface area contributed by atoms with Crippen molar-refractivity contribution in [1.82, 2.24) is 4.72 Å². The second-order valence-electron chi connectivity index (χ2n) is 3.84. The van der Waals surface area contributed by atoms with Gasteiger partial charge in [-0.15, -0.1) is 11.3 Å². The number of rotatable bonds is 7. The summed E-state index contributed by atoms with van der Waals surface area (Å²) in [4.78, 5) is 0. The topological polar surface area (TPSA) is 55.4 Å². The molecule has 0 saturated heterocycles. The van der Waals surface area contributed by atoms with Crippen molar-refractivity contribution in [2.45, 2.75) is 10.6 Å². The molecule has 0 spiro atoms. The Kier molecular flexibility index (Phi) is 4.95. The number of ether oxygens (including phenoxy) is 1. The lowest BCUT2D eigenvalue weighted by molar-refractivity contribution is 0.311. The molecule has 19 heavy (non-hydrogen) atoms. The Morgan fingerprint density at radius 1 is 1.11 bits per heavy atom. The third-order valence-corrected chi connectivity index (χ3v) is 5.24. The zero-order valence-corrected chi connectivity index (χ0v) is 11.9. The van der Waals surface area contributed by atoms with Crippen LogP contribution in [0.15, 0.2) is 52.1 Å². The normalized spacial score (nSPS) is 11.4. The summed E-state index contributed by atoms with van der Waals surface area (Å²) in [6.07, 6.45) is 0.625. The number of nitrogens with one attached hydrogen (secondary N) is 1. The van der Waals surface area contributed by atoms with Crippen molar-refractivity contribution < 1.29 is 13.2 Å². The SMILES string of the molecule is O=S(=O)(NCCCOc1ccccc1)c1cccs1. The van der Waals surface area contributed by atoms with E-state index >= 15 is 0 Å². The summed E-state index contributed by atoms with van der Waals surface area (Å²) in [5, 5.41) is 1.74. The van der Waals surface area contributed by atoms with Gasteiger partial charge in [-0.25, -0.2) is 13.1 Å². The van der Waals surface area contributed by atoms with Crippen LogP contribution in [0.5, 0.6) is 5.75 Å². The van der Waals surface area contributed by atoms with Crippen LogP contribution >= 0.6 is 11.3 Å². The first-order valence-corrected chi connectivity index (χ1v) is 8.26. The van der Waals surface area contributed by atoms with Crippen LogP contribution in [-0.4, -0.2) is 21.6 Å². The van der Waals surface area contributed by atoms with Gasteiger partial charge in [0.2, 0.25) is 10.0 Å². The van der Waals surface area contributed by atoms with Gasteiger partial charge < -0.3 is 4.74 Å². The zero-order chi connectivity index (χ0) is 13.6. The van der Waals surface area contributed by atoms with Crippen molar-refractivity contribution >= 4 is 21.4 Å². The van der Waals surface area contributed by atoms with E-state index in [4.69, 9.17) is 4.74 Å². The van der Waals surface area contributed by atoms with Crippen LogP contribution in [-0.2, 0) is 10.0 Å².